The Hall–Kier alpha value is -1.78. The van der Waals surface area contributed by atoms with Gasteiger partial charge in [0.2, 0.25) is 0 Å². The van der Waals surface area contributed by atoms with E-state index in [1.807, 2.05) is 6.92 Å². The van der Waals surface area contributed by atoms with Crippen molar-refractivity contribution in [2.45, 2.75) is 31.8 Å². The quantitative estimate of drug-likeness (QED) is 0.0675. The summed E-state index contributed by atoms with van der Waals surface area (Å²) in [6.45, 7) is 1.79. The molecule has 1 saturated heterocycles. The number of amides is 2. The predicted octanol–water partition coefficient (Wildman–Crippen LogP) is -4.42. The molecule has 1 aromatic heterocycles. The van der Waals surface area contributed by atoms with Crippen LogP contribution in [-0.4, -0.2) is 71.6 Å². The third kappa shape index (κ3) is 5.89. The van der Waals surface area contributed by atoms with E-state index in [9.17, 15) is 27.4 Å². The molecule has 160 valence electrons. The number of thiazole rings is 1. The van der Waals surface area contributed by atoms with Crippen molar-refractivity contribution in [3.05, 3.63) is 11.1 Å². The molecule has 0 spiro atoms. The molecule has 0 unspecified atom stereocenters. The Morgan fingerprint density at radius 2 is 2.13 bits per heavy atom. The minimum absolute atomic E-state index is 0. The normalized spacial score (nSPS) is 18.8. The van der Waals surface area contributed by atoms with Crippen LogP contribution in [0.3, 0.4) is 0 Å². The van der Waals surface area contributed by atoms with Gasteiger partial charge in [0.15, 0.2) is 27.2 Å². The van der Waals surface area contributed by atoms with Crippen molar-refractivity contribution in [2.75, 3.05) is 19.5 Å². The first-order chi connectivity index (χ1) is 13.6. The van der Waals surface area contributed by atoms with Crippen molar-refractivity contribution in [3.8, 4) is 0 Å². The molecule has 2 rings (SSSR count). The summed E-state index contributed by atoms with van der Waals surface area (Å²) in [6.07, 6.45) is 1.18. The van der Waals surface area contributed by atoms with Gasteiger partial charge in [-0.05, 0) is 6.42 Å². The molecule has 3 N–H and O–H groups in total. The second kappa shape index (κ2) is 11.0. The molecule has 1 aliphatic heterocycles. The van der Waals surface area contributed by atoms with Crippen molar-refractivity contribution in [2.24, 2.45) is 5.16 Å². The number of ether oxygens (including phenoxy) is 1. The number of unbranched alkanes of at least 4 members (excludes halogenated alkanes) is 1. The van der Waals surface area contributed by atoms with Gasteiger partial charge in [0.25, 0.3) is 11.8 Å². The second-order valence-corrected chi connectivity index (χ2v) is 7.84. The van der Waals surface area contributed by atoms with Crippen LogP contribution in [0.25, 0.3) is 0 Å². The van der Waals surface area contributed by atoms with Crippen LogP contribution in [0.1, 0.15) is 25.5 Å². The number of nitrogens with two attached hydrogens (primary N) is 1. The number of rotatable bonds is 9. The van der Waals surface area contributed by atoms with Crippen molar-refractivity contribution in [1.82, 2.24) is 14.6 Å². The molecule has 1 aromatic rings. The molecule has 13 nitrogen and oxygen atoms in total. The summed E-state index contributed by atoms with van der Waals surface area (Å²) in [5, 5.41) is 7.22. The Kier molecular flexibility index (Phi) is 9.64. The largest absolute Gasteiger partial charge is 1.00 e. The van der Waals surface area contributed by atoms with Gasteiger partial charge in [0, 0.05) is 5.38 Å². The van der Waals surface area contributed by atoms with E-state index in [0.29, 0.717) is 12.8 Å². The fraction of sp³-hybridized carbons (Fsp3) is 0.500. The Labute approximate surface area is 198 Å². The second-order valence-electron chi connectivity index (χ2n) is 5.70. The van der Waals surface area contributed by atoms with Crippen molar-refractivity contribution >= 4 is 50.3 Å². The summed E-state index contributed by atoms with van der Waals surface area (Å²) in [5.41, 5.74) is 5.19. The van der Waals surface area contributed by atoms with Gasteiger partial charge in [-0.15, -0.1) is 11.3 Å². The molecule has 0 bridgehead atoms. The number of hydrogen-bond donors (Lipinski definition) is 2. The number of anilines is 1. The first-order valence-corrected chi connectivity index (χ1v) is 10.4. The summed E-state index contributed by atoms with van der Waals surface area (Å²) in [7, 11) is -4.12. The van der Waals surface area contributed by atoms with Crippen LogP contribution in [-0.2, 0) is 34.3 Å². The molecule has 0 aliphatic carbocycles. The number of nitrogen functional groups attached to an aromatic ring is 1. The zero-order valence-corrected chi connectivity index (χ0v) is 20.0. The van der Waals surface area contributed by atoms with E-state index in [-0.39, 0.29) is 57.0 Å². The topological polar surface area (TPSA) is 193 Å². The van der Waals surface area contributed by atoms with Gasteiger partial charge in [-0.25, -0.2) is 22.5 Å². The molecule has 2 heterocycles. The zero-order chi connectivity index (χ0) is 21.8. The van der Waals surface area contributed by atoms with Crippen LogP contribution in [0.4, 0.5) is 5.13 Å². The molecular formula is C14H18N5NaO8S2. The zero-order valence-electron chi connectivity index (χ0n) is 16.4. The third-order valence-corrected chi connectivity index (χ3v) is 5.29. The Balaban J connectivity index is 0.00000450. The average Bonchev–Trinajstić information content (AvgIpc) is 3.06. The SMILES string of the molecule is CCCCOC(=O)[C@@H]1[C@H](NC(=O)C(=NOC)c2csc(N)n2)C(=O)N1S(=O)(=O)[O-].[Na+]. The maximum atomic E-state index is 12.5. The van der Waals surface area contributed by atoms with Crippen molar-refractivity contribution < 1.29 is 66.5 Å². The van der Waals surface area contributed by atoms with Crippen molar-refractivity contribution in [1.29, 1.82) is 0 Å². The van der Waals surface area contributed by atoms with Gasteiger partial charge in [-0.1, -0.05) is 18.5 Å². The molecule has 1 fully saturated rings. The van der Waals surface area contributed by atoms with Gasteiger partial charge < -0.3 is 25.2 Å². The van der Waals surface area contributed by atoms with Gasteiger partial charge in [0.05, 0.1) is 6.61 Å². The minimum atomic E-state index is -5.29. The molecule has 30 heavy (non-hydrogen) atoms. The number of carbonyl (C=O) groups excluding carboxylic acids is 3. The number of oxime groups is 1. The van der Waals surface area contributed by atoms with Crippen LogP contribution in [0, 0.1) is 0 Å². The first-order valence-electron chi connectivity index (χ1n) is 8.20. The number of hydrogen-bond acceptors (Lipinski definition) is 12. The number of β-lactam (4-membered cyclic amide) rings is 1. The van der Waals surface area contributed by atoms with Crippen LogP contribution < -0.4 is 40.6 Å². The molecule has 1 aliphatic rings. The average molecular weight is 471 g/mol. The molecule has 2 atom stereocenters. The third-order valence-electron chi connectivity index (χ3n) is 3.73. The summed E-state index contributed by atoms with van der Waals surface area (Å²) in [4.78, 5) is 45.3. The minimum Gasteiger partial charge on any atom is -0.731 e. The summed E-state index contributed by atoms with van der Waals surface area (Å²) >= 11 is 1.02. The first kappa shape index (κ1) is 26.3. The number of carbonyl (C=O) groups is 3. The Morgan fingerprint density at radius 3 is 2.63 bits per heavy atom. The Morgan fingerprint density at radius 1 is 1.47 bits per heavy atom. The Bertz CT molecular complexity index is 935. The maximum absolute atomic E-state index is 12.5. The van der Waals surface area contributed by atoms with Crippen LogP contribution >= 0.6 is 11.3 Å². The van der Waals surface area contributed by atoms with Crippen LogP contribution in [0.2, 0.25) is 0 Å². The molecule has 0 aromatic carbocycles. The van der Waals surface area contributed by atoms with E-state index in [2.05, 4.69) is 20.3 Å². The van der Waals surface area contributed by atoms with Gasteiger partial charge in [-0.3, -0.25) is 9.59 Å². The molecular weight excluding hydrogens is 453 g/mol. The maximum Gasteiger partial charge on any atom is 1.00 e. The predicted molar refractivity (Wildman–Crippen MR) is 98.2 cm³/mol. The van der Waals surface area contributed by atoms with E-state index in [1.54, 1.807) is 0 Å². The van der Waals surface area contributed by atoms with E-state index >= 15 is 0 Å². The number of nitrogens with zero attached hydrogens (tertiary/aromatic N) is 3. The summed E-state index contributed by atoms with van der Waals surface area (Å²) in [6, 6.07) is -3.46. The molecule has 2 amide bonds. The monoisotopic (exact) mass is 471 g/mol. The number of esters is 1. The fourth-order valence-corrected chi connectivity index (χ4v) is 3.76. The summed E-state index contributed by atoms with van der Waals surface area (Å²) in [5.74, 6) is -3.41. The van der Waals surface area contributed by atoms with E-state index < -0.39 is 40.2 Å². The van der Waals surface area contributed by atoms with E-state index in [0.717, 1.165) is 18.4 Å². The fourth-order valence-electron chi connectivity index (χ4n) is 2.39. The van der Waals surface area contributed by atoms with E-state index in [4.69, 9.17) is 10.5 Å². The van der Waals surface area contributed by atoms with Gasteiger partial charge in [-0.2, -0.15) is 0 Å². The van der Waals surface area contributed by atoms with Gasteiger partial charge in [0.1, 0.15) is 18.8 Å². The number of aromatic nitrogens is 1. The van der Waals surface area contributed by atoms with Crippen LogP contribution in [0.5, 0.6) is 0 Å². The van der Waals surface area contributed by atoms with Crippen molar-refractivity contribution in [3.63, 3.8) is 0 Å². The molecule has 0 saturated carbocycles. The van der Waals surface area contributed by atoms with Gasteiger partial charge >= 0.3 is 35.5 Å². The number of nitrogens with one attached hydrogen (secondary N) is 1. The van der Waals surface area contributed by atoms with E-state index in [1.165, 1.54) is 5.38 Å². The smallest absolute Gasteiger partial charge is 0.731 e. The molecule has 0 radical (unpaired) electrons. The standard InChI is InChI=1S/C14H19N5O8S2.Na/c1-3-4-5-27-13(22)10-9(12(21)19(10)29(23,24)25)17-11(20)8(18-26-2)7-6-28-14(15)16-7;/h6,9-10H,3-5H2,1-2H3,(H2,15,16)(H,17,20)(H,23,24,25);/q;+1/p-1/t9-,10-;/m0./s1. The van der Waals surface area contributed by atoms with Crippen LogP contribution in [0.15, 0.2) is 10.5 Å². The summed E-state index contributed by atoms with van der Waals surface area (Å²) < 4.78 is 38.7. The molecule has 16 heteroatoms.